The maximum absolute atomic E-state index is 11.5. The van der Waals surface area contributed by atoms with E-state index in [1.807, 2.05) is 23.4 Å². The molecule has 0 fully saturated rings. The van der Waals surface area contributed by atoms with Crippen LogP contribution in [0.25, 0.3) is 0 Å². The standard InChI is InChI=1S/C15H19N3O2S/c1-9(8-12-6-5-7-21-12)18(4)14-13(15(19)20)10(2)11(3)16-17-14/h5-7,9H,8H2,1-4H3,(H,19,20). The number of aryl methyl sites for hydroxylation is 1. The third kappa shape index (κ3) is 3.21. The molecule has 5 nitrogen and oxygen atoms in total. The summed E-state index contributed by atoms with van der Waals surface area (Å²) in [6.45, 7) is 5.60. The highest BCUT2D eigenvalue weighted by atomic mass is 32.1. The Morgan fingerprint density at radius 3 is 2.71 bits per heavy atom. The van der Waals surface area contributed by atoms with Crippen molar-refractivity contribution in [2.45, 2.75) is 33.2 Å². The van der Waals surface area contributed by atoms with E-state index in [-0.39, 0.29) is 11.6 Å². The highest BCUT2D eigenvalue weighted by Gasteiger charge is 2.23. The number of carbonyl (C=O) groups is 1. The van der Waals surface area contributed by atoms with Gasteiger partial charge in [0.2, 0.25) is 0 Å². The fraction of sp³-hybridized carbons (Fsp3) is 0.400. The lowest BCUT2D eigenvalue weighted by Crippen LogP contribution is -2.33. The molecule has 0 saturated heterocycles. The van der Waals surface area contributed by atoms with Gasteiger partial charge in [-0.3, -0.25) is 0 Å². The predicted molar refractivity (Wildman–Crippen MR) is 84.4 cm³/mol. The molecule has 0 radical (unpaired) electrons. The van der Waals surface area contributed by atoms with Crippen LogP contribution in [0.5, 0.6) is 0 Å². The number of carboxylic acids is 1. The fourth-order valence-electron chi connectivity index (χ4n) is 2.16. The topological polar surface area (TPSA) is 66.3 Å². The molecular weight excluding hydrogens is 286 g/mol. The molecule has 2 rings (SSSR count). The van der Waals surface area contributed by atoms with Crippen molar-refractivity contribution in [2.24, 2.45) is 0 Å². The lowest BCUT2D eigenvalue weighted by atomic mass is 10.1. The minimum Gasteiger partial charge on any atom is -0.478 e. The first-order valence-electron chi connectivity index (χ1n) is 6.74. The van der Waals surface area contributed by atoms with Gasteiger partial charge in [-0.2, -0.15) is 5.10 Å². The number of anilines is 1. The van der Waals surface area contributed by atoms with E-state index in [2.05, 4.69) is 23.2 Å². The summed E-state index contributed by atoms with van der Waals surface area (Å²) in [5, 5.41) is 19.7. The number of thiophene rings is 1. The Morgan fingerprint density at radius 1 is 1.43 bits per heavy atom. The first kappa shape index (κ1) is 15.4. The molecule has 1 atom stereocenters. The summed E-state index contributed by atoms with van der Waals surface area (Å²) in [5.74, 6) is -0.537. The summed E-state index contributed by atoms with van der Waals surface area (Å²) < 4.78 is 0. The van der Waals surface area contributed by atoms with Crippen molar-refractivity contribution in [2.75, 3.05) is 11.9 Å². The maximum Gasteiger partial charge on any atom is 0.339 e. The SMILES string of the molecule is Cc1nnc(N(C)C(C)Cc2cccs2)c(C(=O)O)c1C. The molecule has 21 heavy (non-hydrogen) atoms. The van der Waals surface area contributed by atoms with E-state index in [9.17, 15) is 9.90 Å². The Morgan fingerprint density at radius 2 is 2.14 bits per heavy atom. The lowest BCUT2D eigenvalue weighted by Gasteiger charge is -2.27. The molecule has 0 aliphatic rings. The number of aromatic nitrogens is 2. The summed E-state index contributed by atoms with van der Waals surface area (Å²) in [6, 6.07) is 4.24. The predicted octanol–water partition coefficient (Wildman–Crippen LogP) is 2.92. The van der Waals surface area contributed by atoms with E-state index in [1.54, 1.807) is 25.2 Å². The van der Waals surface area contributed by atoms with Gasteiger partial charge in [0.25, 0.3) is 0 Å². The Balaban J connectivity index is 2.32. The summed E-state index contributed by atoms with van der Waals surface area (Å²) in [4.78, 5) is 14.7. The second-order valence-electron chi connectivity index (χ2n) is 5.16. The number of rotatable bonds is 5. The summed E-state index contributed by atoms with van der Waals surface area (Å²) in [7, 11) is 1.86. The summed E-state index contributed by atoms with van der Waals surface area (Å²) in [6.07, 6.45) is 0.849. The molecule has 112 valence electrons. The van der Waals surface area contributed by atoms with Crippen LogP contribution in [0.1, 0.15) is 33.4 Å². The van der Waals surface area contributed by atoms with Crippen molar-refractivity contribution < 1.29 is 9.90 Å². The van der Waals surface area contributed by atoms with Crippen molar-refractivity contribution in [1.29, 1.82) is 0 Å². The van der Waals surface area contributed by atoms with E-state index in [0.29, 0.717) is 17.1 Å². The van der Waals surface area contributed by atoms with Gasteiger partial charge in [0.05, 0.1) is 5.69 Å². The molecule has 0 aliphatic carbocycles. The van der Waals surface area contributed by atoms with Crippen LogP contribution in [-0.4, -0.2) is 34.4 Å². The Bertz CT molecular complexity index is 641. The summed E-state index contributed by atoms with van der Waals surface area (Å²) in [5.41, 5.74) is 1.56. The molecule has 0 aromatic carbocycles. The van der Waals surface area contributed by atoms with Gasteiger partial charge >= 0.3 is 5.97 Å². The molecule has 0 aliphatic heterocycles. The molecule has 0 bridgehead atoms. The summed E-state index contributed by atoms with van der Waals surface area (Å²) >= 11 is 1.70. The van der Waals surface area contributed by atoms with Gasteiger partial charge in [0.1, 0.15) is 5.56 Å². The highest BCUT2D eigenvalue weighted by Crippen LogP contribution is 2.24. The third-order valence-corrected chi connectivity index (χ3v) is 4.62. The van der Waals surface area contributed by atoms with Crippen molar-refractivity contribution in [1.82, 2.24) is 10.2 Å². The van der Waals surface area contributed by atoms with E-state index in [4.69, 9.17) is 0 Å². The van der Waals surface area contributed by atoms with E-state index < -0.39 is 5.97 Å². The number of hydrogen-bond donors (Lipinski definition) is 1. The molecule has 0 saturated carbocycles. The molecule has 2 aromatic heterocycles. The molecule has 1 unspecified atom stereocenters. The minimum absolute atomic E-state index is 0.137. The quantitative estimate of drug-likeness (QED) is 0.920. The van der Waals surface area contributed by atoms with E-state index in [0.717, 1.165) is 6.42 Å². The van der Waals surface area contributed by atoms with Crippen molar-refractivity contribution in [3.8, 4) is 0 Å². The van der Waals surface area contributed by atoms with Crippen molar-refractivity contribution in [3.05, 3.63) is 39.2 Å². The first-order valence-corrected chi connectivity index (χ1v) is 7.62. The lowest BCUT2D eigenvalue weighted by molar-refractivity contribution is 0.0696. The van der Waals surface area contributed by atoms with Gasteiger partial charge in [-0.1, -0.05) is 6.07 Å². The second kappa shape index (κ2) is 6.22. The average molecular weight is 305 g/mol. The highest BCUT2D eigenvalue weighted by molar-refractivity contribution is 7.09. The molecule has 2 heterocycles. The zero-order valence-electron chi connectivity index (χ0n) is 12.6. The van der Waals surface area contributed by atoms with Gasteiger partial charge < -0.3 is 10.0 Å². The Labute approximate surface area is 128 Å². The number of aromatic carboxylic acids is 1. The second-order valence-corrected chi connectivity index (χ2v) is 6.19. The zero-order chi connectivity index (χ0) is 15.6. The molecule has 0 spiro atoms. The number of likely N-dealkylation sites (N-methyl/N-ethyl adjacent to an activating group) is 1. The number of nitrogens with zero attached hydrogens (tertiary/aromatic N) is 3. The molecule has 1 N–H and O–H groups in total. The molecule has 6 heteroatoms. The maximum atomic E-state index is 11.5. The number of hydrogen-bond acceptors (Lipinski definition) is 5. The minimum atomic E-state index is -0.962. The van der Waals surface area contributed by atoms with E-state index in [1.165, 1.54) is 4.88 Å². The van der Waals surface area contributed by atoms with Crippen LogP contribution in [-0.2, 0) is 6.42 Å². The molecular formula is C15H19N3O2S. The monoisotopic (exact) mass is 305 g/mol. The Hall–Kier alpha value is -1.95. The van der Waals surface area contributed by atoms with Crippen molar-refractivity contribution >= 4 is 23.1 Å². The van der Waals surface area contributed by atoms with Gasteiger partial charge in [0.15, 0.2) is 5.82 Å². The van der Waals surface area contributed by atoms with Crippen LogP contribution < -0.4 is 4.90 Å². The Kier molecular flexibility index (Phi) is 4.57. The van der Waals surface area contributed by atoms with Crippen LogP contribution in [0, 0.1) is 13.8 Å². The third-order valence-electron chi connectivity index (χ3n) is 3.72. The first-order chi connectivity index (χ1) is 9.91. The smallest absolute Gasteiger partial charge is 0.339 e. The van der Waals surface area contributed by atoms with Crippen LogP contribution in [0.2, 0.25) is 0 Å². The van der Waals surface area contributed by atoms with Gasteiger partial charge in [-0.15, -0.1) is 16.4 Å². The fourth-order valence-corrected chi connectivity index (χ4v) is 2.99. The van der Waals surface area contributed by atoms with Crippen LogP contribution in [0.3, 0.4) is 0 Å². The zero-order valence-corrected chi connectivity index (χ0v) is 13.4. The van der Waals surface area contributed by atoms with Crippen LogP contribution in [0.15, 0.2) is 17.5 Å². The van der Waals surface area contributed by atoms with Crippen LogP contribution >= 0.6 is 11.3 Å². The normalized spacial score (nSPS) is 12.2. The van der Waals surface area contributed by atoms with Crippen molar-refractivity contribution in [3.63, 3.8) is 0 Å². The van der Waals surface area contributed by atoms with Crippen LogP contribution in [0.4, 0.5) is 5.82 Å². The largest absolute Gasteiger partial charge is 0.478 e. The molecule has 2 aromatic rings. The average Bonchev–Trinajstić information content (AvgIpc) is 2.93. The molecule has 0 amide bonds. The van der Waals surface area contributed by atoms with E-state index >= 15 is 0 Å². The van der Waals surface area contributed by atoms with Gasteiger partial charge in [-0.25, -0.2) is 4.79 Å². The number of carboxylic acid groups (broad SMARTS) is 1. The van der Waals surface area contributed by atoms with Gasteiger partial charge in [-0.05, 0) is 37.8 Å². The van der Waals surface area contributed by atoms with Gasteiger partial charge in [0, 0.05) is 24.4 Å².